The van der Waals surface area contributed by atoms with Crippen LogP contribution in [0.25, 0.3) is 0 Å². The van der Waals surface area contributed by atoms with Gasteiger partial charge in [0.2, 0.25) is 5.91 Å². The molecule has 1 aliphatic rings. The minimum atomic E-state index is 0.0353. The molecule has 1 amide bonds. The molecular formula is C8H15NO. The number of hydrogen-bond acceptors (Lipinski definition) is 1. The summed E-state index contributed by atoms with van der Waals surface area (Å²) in [6, 6.07) is 0. The first-order chi connectivity index (χ1) is 4.52. The lowest BCUT2D eigenvalue weighted by molar-refractivity contribution is -0.131. The van der Waals surface area contributed by atoms with E-state index in [2.05, 4.69) is 20.8 Å². The Morgan fingerprint density at radius 2 is 2.00 bits per heavy atom. The Balaban J connectivity index is 2.64. The first-order valence-corrected chi connectivity index (χ1v) is 3.82. The van der Waals surface area contributed by atoms with Crippen molar-refractivity contribution in [1.82, 2.24) is 4.90 Å². The van der Waals surface area contributed by atoms with E-state index in [1.807, 2.05) is 4.90 Å². The van der Waals surface area contributed by atoms with Crippen LogP contribution in [-0.4, -0.2) is 22.9 Å². The Morgan fingerprint density at radius 1 is 1.40 bits per heavy atom. The molecule has 0 N–H and O–H groups in total. The summed E-state index contributed by atoms with van der Waals surface area (Å²) in [5.41, 5.74) is 0.0353. The van der Waals surface area contributed by atoms with Crippen LogP contribution in [0.3, 0.4) is 0 Å². The van der Waals surface area contributed by atoms with Crippen LogP contribution < -0.4 is 0 Å². The van der Waals surface area contributed by atoms with E-state index in [4.69, 9.17) is 0 Å². The zero-order valence-corrected chi connectivity index (χ0v) is 6.98. The highest BCUT2D eigenvalue weighted by Crippen LogP contribution is 2.20. The Morgan fingerprint density at radius 3 is 2.20 bits per heavy atom. The third-order valence-corrected chi connectivity index (χ3v) is 1.88. The normalized spacial score (nSPS) is 20.3. The summed E-state index contributed by atoms with van der Waals surface area (Å²) in [5.74, 6) is 0.313. The summed E-state index contributed by atoms with van der Waals surface area (Å²) >= 11 is 0. The molecule has 1 fully saturated rings. The van der Waals surface area contributed by atoms with Crippen LogP contribution in [0.2, 0.25) is 0 Å². The summed E-state index contributed by atoms with van der Waals surface area (Å²) in [6.45, 7) is 7.19. The molecule has 2 nitrogen and oxygen atoms in total. The van der Waals surface area contributed by atoms with Crippen LogP contribution in [0.1, 0.15) is 33.6 Å². The average Bonchev–Trinajstić information content (AvgIpc) is 2.11. The van der Waals surface area contributed by atoms with Gasteiger partial charge in [-0.25, -0.2) is 0 Å². The van der Waals surface area contributed by atoms with Gasteiger partial charge in [0.05, 0.1) is 0 Å². The summed E-state index contributed by atoms with van der Waals surface area (Å²) in [6.07, 6.45) is 1.79. The van der Waals surface area contributed by atoms with Crippen molar-refractivity contribution in [2.24, 2.45) is 0 Å². The van der Waals surface area contributed by atoms with Crippen molar-refractivity contribution in [3.05, 3.63) is 0 Å². The molecule has 0 aromatic heterocycles. The van der Waals surface area contributed by atoms with Gasteiger partial charge in [0.25, 0.3) is 0 Å². The summed E-state index contributed by atoms with van der Waals surface area (Å²) in [4.78, 5) is 13.1. The maximum atomic E-state index is 11.1. The predicted octanol–water partition coefficient (Wildman–Crippen LogP) is 1.41. The van der Waals surface area contributed by atoms with Gasteiger partial charge in [0, 0.05) is 18.5 Å². The third kappa shape index (κ3) is 1.31. The lowest BCUT2D eigenvalue weighted by atomic mass is 10.1. The smallest absolute Gasteiger partial charge is 0.223 e. The van der Waals surface area contributed by atoms with Gasteiger partial charge in [-0.3, -0.25) is 4.79 Å². The molecule has 0 spiro atoms. The SMILES string of the molecule is CC(C)(C)N1CCCC1=O. The quantitative estimate of drug-likeness (QED) is 0.499. The third-order valence-electron chi connectivity index (χ3n) is 1.88. The Bertz CT molecular complexity index is 146. The first-order valence-electron chi connectivity index (χ1n) is 3.82. The molecule has 2 heteroatoms. The van der Waals surface area contributed by atoms with Crippen molar-refractivity contribution in [2.75, 3.05) is 6.54 Å². The van der Waals surface area contributed by atoms with E-state index in [9.17, 15) is 4.79 Å². The minimum absolute atomic E-state index is 0.0353. The van der Waals surface area contributed by atoms with Crippen molar-refractivity contribution in [2.45, 2.75) is 39.2 Å². The summed E-state index contributed by atoms with van der Waals surface area (Å²) < 4.78 is 0. The fourth-order valence-electron chi connectivity index (χ4n) is 1.36. The monoisotopic (exact) mass is 141 g/mol. The molecule has 0 saturated carbocycles. The van der Waals surface area contributed by atoms with Gasteiger partial charge in [-0.05, 0) is 27.2 Å². The minimum Gasteiger partial charge on any atom is -0.338 e. The van der Waals surface area contributed by atoms with Crippen molar-refractivity contribution in [3.8, 4) is 0 Å². The van der Waals surface area contributed by atoms with Crippen molar-refractivity contribution < 1.29 is 4.79 Å². The molecule has 0 radical (unpaired) electrons. The van der Waals surface area contributed by atoms with Gasteiger partial charge in [0.15, 0.2) is 0 Å². The van der Waals surface area contributed by atoms with Crippen LogP contribution in [0.15, 0.2) is 0 Å². The Labute approximate surface area is 62.2 Å². The van der Waals surface area contributed by atoms with Gasteiger partial charge in [-0.1, -0.05) is 0 Å². The molecule has 0 unspecified atom stereocenters. The van der Waals surface area contributed by atoms with Crippen LogP contribution in [0.5, 0.6) is 0 Å². The second kappa shape index (κ2) is 2.26. The number of likely N-dealkylation sites (tertiary alicyclic amines) is 1. The van der Waals surface area contributed by atoms with Crippen LogP contribution in [0, 0.1) is 0 Å². The van der Waals surface area contributed by atoms with Crippen molar-refractivity contribution in [3.63, 3.8) is 0 Å². The molecule has 1 saturated heterocycles. The number of hydrogen-bond donors (Lipinski definition) is 0. The standard InChI is InChI=1S/C8H15NO/c1-8(2,3)9-6-4-5-7(9)10/h4-6H2,1-3H3. The molecular weight excluding hydrogens is 126 g/mol. The first kappa shape index (κ1) is 7.58. The van der Waals surface area contributed by atoms with E-state index in [1.54, 1.807) is 0 Å². The molecule has 1 rings (SSSR count). The molecule has 1 heterocycles. The van der Waals surface area contributed by atoms with E-state index in [-0.39, 0.29) is 5.54 Å². The summed E-state index contributed by atoms with van der Waals surface area (Å²) in [7, 11) is 0. The molecule has 10 heavy (non-hydrogen) atoms. The zero-order chi connectivity index (χ0) is 7.78. The molecule has 0 bridgehead atoms. The number of rotatable bonds is 0. The number of carbonyl (C=O) groups excluding carboxylic acids is 1. The second-order valence-corrected chi connectivity index (χ2v) is 3.82. The van der Waals surface area contributed by atoms with Crippen molar-refractivity contribution in [1.29, 1.82) is 0 Å². The highest BCUT2D eigenvalue weighted by molar-refractivity contribution is 5.78. The largest absolute Gasteiger partial charge is 0.338 e. The molecule has 0 aromatic rings. The molecule has 1 aliphatic heterocycles. The maximum Gasteiger partial charge on any atom is 0.223 e. The fourth-order valence-corrected chi connectivity index (χ4v) is 1.36. The van der Waals surface area contributed by atoms with Crippen LogP contribution in [0.4, 0.5) is 0 Å². The number of nitrogens with zero attached hydrogens (tertiary/aromatic N) is 1. The van der Waals surface area contributed by atoms with Gasteiger partial charge >= 0.3 is 0 Å². The maximum absolute atomic E-state index is 11.1. The second-order valence-electron chi connectivity index (χ2n) is 3.82. The topological polar surface area (TPSA) is 20.3 Å². The van der Waals surface area contributed by atoms with Gasteiger partial charge in [-0.15, -0.1) is 0 Å². The number of carbonyl (C=O) groups is 1. The van der Waals surface area contributed by atoms with Crippen molar-refractivity contribution >= 4 is 5.91 Å². The lowest BCUT2D eigenvalue weighted by Crippen LogP contribution is -2.41. The zero-order valence-electron chi connectivity index (χ0n) is 6.98. The van der Waals surface area contributed by atoms with Crippen LogP contribution >= 0.6 is 0 Å². The van der Waals surface area contributed by atoms with E-state index >= 15 is 0 Å². The summed E-state index contributed by atoms with van der Waals surface area (Å²) in [5, 5.41) is 0. The van der Waals surface area contributed by atoms with Gasteiger partial charge in [0.1, 0.15) is 0 Å². The molecule has 0 atom stereocenters. The highest BCUT2D eigenvalue weighted by Gasteiger charge is 2.29. The lowest BCUT2D eigenvalue weighted by Gasteiger charge is -2.31. The Hall–Kier alpha value is -0.530. The fraction of sp³-hybridized carbons (Fsp3) is 0.875. The van der Waals surface area contributed by atoms with Gasteiger partial charge < -0.3 is 4.90 Å². The van der Waals surface area contributed by atoms with Gasteiger partial charge in [-0.2, -0.15) is 0 Å². The highest BCUT2D eigenvalue weighted by atomic mass is 16.2. The number of amides is 1. The van der Waals surface area contributed by atoms with E-state index in [0.29, 0.717) is 5.91 Å². The molecule has 0 aromatic carbocycles. The van der Waals surface area contributed by atoms with E-state index in [1.165, 1.54) is 0 Å². The predicted molar refractivity (Wildman–Crippen MR) is 40.7 cm³/mol. The van der Waals surface area contributed by atoms with Crippen LogP contribution in [-0.2, 0) is 4.79 Å². The molecule has 58 valence electrons. The van der Waals surface area contributed by atoms with E-state index in [0.717, 1.165) is 19.4 Å². The molecule has 0 aliphatic carbocycles. The Kier molecular flexibility index (Phi) is 1.71. The van der Waals surface area contributed by atoms with E-state index < -0.39 is 0 Å². The average molecular weight is 141 g/mol.